The number of amides is 1. The lowest BCUT2D eigenvalue weighted by molar-refractivity contribution is -0.141. The molecule has 0 radical (unpaired) electrons. The van der Waals surface area contributed by atoms with Gasteiger partial charge in [0, 0.05) is 31.7 Å². The number of rotatable bonds is 6. The van der Waals surface area contributed by atoms with E-state index in [1.165, 1.54) is 5.56 Å². The molecule has 1 aliphatic heterocycles. The zero-order valence-corrected chi connectivity index (χ0v) is 14.2. The molecule has 5 heteroatoms. The van der Waals surface area contributed by atoms with E-state index in [1.807, 2.05) is 30.0 Å². The van der Waals surface area contributed by atoms with Crippen molar-refractivity contribution < 1.29 is 9.53 Å². The van der Waals surface area contributed by atoms with Gasteiger partial charge in [-0.3, -0.25) is 4.79 Å². The van der Waals surface area contributed by atoms with Crippen molar-refractivity contribution in [2.45, 2.75) is 44.8 Å². The Morgan fingerprint density at radius 3 is 2.68 bits per heavy atom. The number of nitrogens with zero attached hydrogens (tertiary/aromatic N) is 1. The van der Waals surface area contributed by atoms with Crippen molar-refractivity contribution in [3.63, 3.8) is 0 Å². The fourth-order valence-electron chi connectivity index (χ4n) is 2.79. The van der Waals surface area contributed by atoms with Gasteiger partial charge in [-0.2, -0.15) is 0 Å². The molecule has 4 nitrogen and oxygen atoms in total. The Morgan fingerprint density at radius 2 is 2.05 bits per heavy atom. The summed E-state index contributed by atoms with van der Waals surface area (Å²) in [6, 6.07) is 10.2. The lowest BCUT2D eigenvalue weighted by Crippen LogP contribution is -2.39. The summed E-state index contributed by atoms with van der Waals surface area (Å²) in [6.07, 6.45) is 1.69. The predicted molar refractivity (Wildman–Crippen MR) is 91.3 cm³/mol. The fourth-order valence-corrected chi connectivity index (χ4v) is 2.79. The van der Waals surface area contributed by atoms with Crippen LogP contribution in [0.15, 0.2) is 30.3 Å². The van der Waals surface area contributed by atoms with Gasteiger partial charge in [-0.05, 0) is 18.9 Å². The molecule has 1 heterocycles. The topological polar surface area (TPSA) is 55.6 Å². The molecule has 0 aliphatic carbocycles. The maximum absolute atomic E-state index is 12.4. The highest BCUT2D eigenvalue weighted by molar-refractivity contribution is 5.85. The minimum absolute atomic E-state index is 0. The minimum atomic E-state index is -0.377. The van der Waals surface area contributed by atoms with Gasteiger partial charge in [0.1, 0.15) is 6.10 Å². The molecule has 1 aromatic carbocycles. The largest absolute Gasteiger partial charge is 0.369 e. The SMILES string of the molecule is CCCCOC(C)C(=O)N1C[C@@H](N)[C@H](c2ccccc2)C1.Cl. The molecule has 3 atom stereocenters. The van der Waals surface area contributed by atoms with Gasteiger partial charge >= 0.3 is 0 Å². The molecule has 1 amide bonds. The van der Waals surface area contributed by atoms with Crippen LogP contribution in [-0.2, 0) is 9.53 Å². The number of ether oxygens (including phenoxy) is 1. The maximum atomic E-state index is 12.4. The first-order valence-corrected chi connectivity index (χ1v) is 7.84. The van der Waals surface area contributed by atoms with Crippen LogP contribution in [0.4, 0.5) is 0 Å². The van der Waals surface area contributed by atoms with E-state index in [-0.39, 0.29) is 36.4 Å². The molecule has 1 fully saturated rings. The van der Waals surface area contributed by atoms with E-state index >= 15 is 0 Å². The van der Waals surface area contributed by atoms with Crippen molar-refractivity contribution in [2.75, 3.05) is 19.7 Å². The van der Waals surface area contributed by atoms with E-state index in [0.29, 0.717) is 19.7 Å². The normalized spacial score (nSPS) is 22.2. The van der Waals surface area contributed by atoms with Gasteiger partial charge in [0.15, 0.2) is 0 Å². The molecule has 0 saturated carbocycles. The number of nitrogens with two attached hydrogens (primary N) is 1. The van der Waals surface area contributed by atoms with Crippen LogP contribution in [0, 0.1) is 0 Å². The van der Waals surface area contributed by atoms with Crippen LogP contribution < -0.4 is 5.73 Å². The highest BCUT2D eigenvalue weighted by atomic mass is 35.5. The Balaban J connectivity index is 0.00000242. The molecule has 124 valence electrons. The fraction of sp³-hybridized carbons (Fsp3) is 0.588. The number of unbranched alkanes of at least 4 members (excludes halogenated alkanes) is 1. The predicted octanol–water partition coefficient (Wildman–Crippen LogP) is 2.57. The van der Waals surface area contributed by atoms with Gasteiger partial charge < -0.3 is 15.4 Å². The molecular weight excluding hydrogens is 300 g/mol. The Labute approximate surface area is 139 Å². The molecule has 2 N–H and O–H groups in total. The lowest BCUT2D eigenvalue weighted by atomic mass is 9.95. The van der Waals surface area contributed by atoms with E-state index in [1.54, 1.807) is 0 Å². The molecule has 0 aromatic heterocycles. The Morgan fingerprint density at radius 1 is 1.36 bits per heavy atom. The van der Waals surface area contributed by atoms with E-state index in [4.69, 9.17) is 10.5 Å². The maximum Gasteiger partial charge on any atom is 0.251 e. The molecule has 1 saturated heterocycles. The number of hydrogen-bond acceptors (Lipinski definition) is 3. The van der Waals surface area contributed by atoms with Crippen LogP contribution >= 0.6 is 12.4 Å². The lowest BCUT2D eigenvalue weighted by Gasteiger charge is -2.21. The third kappa shape index (κ3) is 4.70. The highest BCUT2D eigenvalue weighted by Gasteiger charge is 2.35. The molecule has 1 aliphatic rings. The van der Waals surface area contributed by atoms with Crippen LogP contribution in [0.1, 0.15) is 38.2 Å². The van der Waals surface area contributed by atoms with E-state index < -0.39 is 0 Å². The van der Waals surface area contributed by atoms with Gasteiger partial charge in [0.2, 0.25) is 0 Å². The van der Waals surface area contributed by atoms with Crippen molar-refractivity contribution in [2.24, 2.45) is 5.73 Å². The number of hydrogen-bond donors (Lipinski definition) is 1. The zero-order valence-electron chi connectivity index (χ0n) is 13.4. The van der Waals surface area contributed by atoms with E-state index in [2.05, 4.69) is 19.1 Å². The third-order valence-electron chi connectivity index (χ3n) is 4.12. The highest BCUT2D eigenvalue weighted by Crippen LogP contribution is 2.26. The summed E-state index contributed by atoms with van der Waals surface area (Å²) in [4.78, 5) is 14.3. The van der Waals surface area contributed by atoms with E-state index in [0.717, 1.165) is 12.8 Å². The van der Waals surface area contributed by atoms with Gasteiger partial charge in [-0.15, -0.1) is 12.4 Å². The Hall–Kier alpha value is -1.10. The van der Waals surface area contributed by atoms with Gasteiger partial charge in [0.05, 0.1) is 0 Å². The molecule has 0 spiro atoms. The second kappa shape index (κ2) is 9.13. The molecule has 22 heavy (non-hydrogen) atoms. The minimum Gasteiger partial charge on any atom is -0.369 e. The average Bonchev–Trinajstić information content (AvgIpc) is 2.89. The quantitative estimate of drug-likeness (QED) is 0.817. The van der Waals surface area contributed by atoms with Crippen molar-refractivity contribution >= 4 is 18.3 Å². The Kier molecular flexibility index (Phi) is 7.87. The van der Waals surface area contributed by atoms with Gasteiger partial charge in [-0.25, -0.2) is 0 Å². The summed E-state index contributed by atoms with van der Waals surface area (Å²) in [5.41, 5.74) is 7.43. The second-order valence-electron chi connectivity index (χ2n) is 5.79. The first-order valence-electron chi connectivity index (χ1n) is 7.84. The summed E-state index contributed by atoms with van der Waals surface area (Å²) in [5, 5.41) is 0. The molecule has 2 rings (SSSR count). The first-order chi connectivity index (χ1) is 10.1. The number of benzene rings is 1. The summed E-state index contributed by atoms with van der Waals surface area (Å²) in [6.45, 7) is 5.88. The monoisotopic (exact) mass is 326 g/mol. The summed E-state index contributed by atoms with van der Waals surface area (Å²) in [5.74, 6) is 0.276. The Bertz CT molecular complexity index is 455. The average molecular weight is 327 g/mol. The third-order valence-corrected chi connectivity index (χ3v) is 4.12. The number of carbonyl (C=O) groups excluding carboxylic acids is 1. The van der Waals surface area contributed by atoms with Crippen LogP contribution in [0.2, 0.25) is 0 Å². The number of carbonyl (C=O) groups is 1. The molecule has 1 aromatic rings. The summed E-state index contributed by atoms with van der Waals surface area (Å²) >= 11 is 0. The van der Waals surface area contributed by atoms with Crippen LogP contribution in [0.3, 0.4) is 0 Å². The summed E-state index contributed by atoms with van der Waals surface area (Å²) < 4.78 is 5.60. The number of likely N-dealkylation sites (tertiary alicyclic amines) is 1. The van der Waals surface area contributed by atoms with Crippen molar-refractivity contribution in [3.05, 3.63) is 35.9 Å². The smallest absolute Gasteiger partial charge is 0.251 e. The van der Waals surface area contributed by atoms with Crippen molar-refractivity contribution in [1.29, 1.82) is 0 Å². The number of halogens is 1. The summed E-state index contributed by atoms with van der Waals surface area (Å²) in [7, 11) is 0. The van der Waals surface area contributed by atoms with Crippen LogP contribution in [0.5, 0.6) is 0 Å². The molecule has 1 unspecified atom stereocenters. The zero-order chi connectivity index (χ0) is 15.2. The molecular formula is C17H27ClN2O2. The van der Waals surface area contributed by atoms with Crippen molar-refractivity contribution in [1.82, 2.24) is 4.90 Å². The molecule has 0 bridgehead atoms. The van der Waals surface area contributed by atoms with Crippen LogP contribution in [-0.4, -0.2) is 42.6 Å². The first kappa shape index (κ1) is 18.9. The second-order valence-corrected chi connectivity index (χ2v) is 5.79. The van der Waals surface area contributed by atoms with Crippen molar-refractivity contribution in [3.8, 4) is 0 Å². The van der Waals surface area contributed by atoms with Gasteiger partial charge in [0.25, 0.3) is 5.91 Å². The van der Waals surface area contributed by atoms with Crippen LogP contribution in [0.25, 0.3) is 0 Å². The van der Waals surface area contributed by atoms with E-state index in [9.17, 15) is 4.79 Å². The van der Waals surface area contributed by atoms with Gasteiger partial charge in [-0.1, -0.05) is 43.7 Å². The standard InChI is InChI=1S/C17H26N2O2.ClH/c1-3-4-10-21-13(2)17(20)19-11-15(16(18)12-19)14-8-6-5-7-9-14;/h5-9,13,15-16H,3-4,10-12,18H2,1-2H3;1H/t13?,15-,16+;/m0./s1.